The van der Waals surface area contributed by atoms with Crippen LogP contribution in [-0.4, -0.2) is 48.8 Å². The average molecular weight is 441 g/mol. The first-order valence-corrected chi connectivity index (χ1v) is 11.8. The van der Waals surface area contributed by atoms with E-state index in [1.54, 1.807) is 24.3 Å². The largest absolute Gasteiger partial charge is 0.469 e. The SMILES string of the molecule is COC(=O)C1CCCCC1CNC(=O)C1CCCCC1CN1C(=O)c2ccccc2C1=O. The van der Waals surface area contributed by atoms with Crippen LogP contribution in [-0.2, 0) is 14.3 Å². The maximum absolute atomic E-state index is 13.1. The number of carbonyl (C=O) groups excluding carboxylic acids is 4. The molecule has 1 aromatic rings. The van der Waals surface area contributed by atoms with E-state index < -0.39 is 0 Å². The van der Waals surface area contributed by atoms with Crippen LogP contribution < -0.4 is 5.32 Å². The fraction of sp³-hybridized carbons (Fsp3) is 0.600. The van der Waals surface area contributed by atoms with Gasteiger partial charge in [0.1, 0.15) is 0 Å². The average Bonchev–Trinajstić information content (AvgIpc) is 3.07. The molecule has 2 fully saturated rings. The van der Waals surface area contributed by atoms with Crippen molar-refractivity contribution in [1.82, 2.24) is 10.2 Å². The summed E-state index contributed by atoms with van der Waals surface area (Å²) in [6.07, 6.45) is 7.30. The predicted octanol–water partition coefficient (Wildman–Crippen LogP) is 3.18. The van der Waals surface area contributed by atoms with Crippen LogP contribution in [0.4, 0.5) is 0 Å². The number of methoxy groups -OCH3 is 1. The number of hydrogen-bond donors (Lipinski definition) is 1. The standard InChI is InChI=1S/C25H32N2O5/c1-32-25(31)19-11-5-2-8-16(19)14-26-22(28)18-10-4-3-9-17(18)15-27-23(29)20-12-6-7-13-21(20)24(27)30/h6-7,12-13,16-19H,2-5,8-11,14-15H2,1H3,(H,26,28). The van der Waals surface area contributed by atoms with Gasteiger partial charge in [0.15, 0.2) is 0 Å². The van der Waals surface area contributed by atoms with Gasteiger partial charge in [0.2, 0.25) is 5.91 Å². The Bertz CT molecular complexity index is 863. The molecule has 0 saturated heterocycles. The van der Waals surface area contributed by atoms with E-state index in [1.165, 1.54) is 12.0 Å². The van der Waals surface area contributed by atoms with Crippen molar-refractivity contribution in [1.29, 1.82) is 0 Å². The molecule has 2 saturated carbocycles. The molecule has 1 heterocycles. The van der Waals surface area contributed by atoms with E-state index in [1.807, 2.05) is 0 Å². The zero-order chi connectivity index (χ0) is 22.7. The zero-order valence-electron chi connectivity index (χ0n) is 18.7. The van der Waals surface area contributed by atoms with Gasteiger partial charge in [-0.05, 0) is 49.7 Å². The third-order valence-corrected chi connectivity index (χ3v) is 7.49. The summed E-state index contributed by atoms with van der Waals surface area (Å²) in [5.41, 5.74) is 0.890. The first-order valence-electron chi connectivity index (χ1n) is 11.8. The molecule has 1 N–H and O–H groups in total. The van der Waals surface area contributed by atoms with E-state index in [4.69, 9.17) is 4.74 Å². The molecule has 2 aliphatic carbocycles. The number of imide groups is 1. The van der Waals surface area contributed by atoms with Crippen LogP contribution in [0.1, 0.15) is 72.1 Å². The fourth-order valence-corrected chi connectivity index (χ4v) is 5.69. The smallest absolute Gasteiger partial charge is 0.309 e. The quantitative estimate of drug-likeness (QED) is 0.542. The van der Waals surface area contributed by atoms with E-state index in [-0.39, 0.29) is 53.9 Å². The molecule has 1 aromatic carbocycles. The lowest BCUT2D eigenvalue weighted by Gasteiger charge is -2.34. The number of rotatable bonds is 6. The second kappa shape index (κ2) is 9.84. The Morgan fingerprint density at radius 1 is 0.906 bits per heavy atom. The van der Waals surface area contributed by atoms with Gasteiger partial charge in [-0.1, -0.05) is 37.8 Å². The molecule has 0 aromatic heterocycles. The molecule has 4 unspecified atom stereocenters. The number of esters is 1. The first-order chi connectivity index (χ1) is 15.5. The Hall–Kier alpha value is -2.70. The number of carbonyl (C=O) groups is 4. The van der Waals surface area contributed by atoms with Crippen molar-refractivity contribution in [2.24, 2.45) is 23.7 Å². The van der Waals surface area contributed by atoms with Crippen LogP contribution >= 0.6 is 0 Å². The highest BCUT2D eigenvalue weighted by Crippen LogP contribution is 2.34. The molecular weight excluding hydrogens is 408 g/mol. The zero-order valence-corrected chi connectivity index (χ0v) is 18.7. The molecule has 32 heavy (non-hydrogen) atoms. The lowest BCUT2D eigenvalue weighted by molar-refractivity contribution is -0.149. The molecular formula is C25H32N2O5. The summed E-state index contributed by atoms with van der Waals surface area (Å²) in [6.45, 7) is 0.744. The van der Waals surface area contributed by atoms with Gasteiger partial charge >= 0.3 is 5.97 Å². The first kappa shape index (κ1) is 22.5. The van der Waals surface area contributed by atoms with Crippen molar-refractivity contribution in [3.63, 3.8) is 0 Å². The molecule has 0 spiro atoms. The van der Waals surface area contributed by atoms with Gasteiger partial charge in [0.05, 0.1) is 24.2 Å². The number of nitrogens with zero attached hydrogens (tertiary/aromatic N) is 1. The Morgan fingerprint density at radius 2 is 1.47 bits per heavy atom. The maximum atomic E-state index is 13.1. The second-order valence-electron chi connectivity index (χ2n) is 9.34. The third kappa shape index (κ3) is 4.43. The normalized spacial score (nSPS) is 27.7. The number of amides is 3. The van der Waals surface area contributed by atoms with Gasteiger partial charge in [-0.2, -0.15) is 0 Å². The van der Waals surface area contributed by atoms with Gasteiger partial charge in [-0.25, -0.2) is 0 Å². The summed E-state index contributed by atoms with van der Waals surface area (Å²) >= 11 is 0. The molecule has 7 heteroatoms. The molecule has 7 nitrogen and oxygen atoms in total. The molecule has 4 atom stereocenters. The summed E-state index contributed by atoms with van der Waals surface area (Å²) in [5, 5.41) is 3.09. The van der Waals surface area contributed by atoms with Crippen molar-refractivity contribution < 1.29 is 23.9 Å². The van der Waals surface area contributed by atoms with Crippen molar-refractivity contribution in [3.05, 3.63) is 35.4 Å². The molecule has 0 bridgehead atoms. The van der Waals surface area contributed by atoms with Gasteiger partial charge in [-0.15, -0.1) is 0 Å². The van der Waals surface area contributed by atoms with Gasteiger partial charge in [-0.3, -0.25) is 24.1 Å². The molecule has 0 radical (unpaired) electrons. The van der Waals surface area contributed by atoms with Crippen molar-refractivity contribution in [2.45, 2.75) is 51.4 Å². The lowest BCUT2D eigenvalue weighted by Crippen LogP contribution is -2.45. The van der Waals surface area contributed by atoms with E-state index in [2.05, 4.69) is 5.32 Å². The predicted molar refractivity (Wildman–Crippen MR) is 118 cm³/mol. The Balaban J connectivity index is 1.39. The number of ether oxygens (including phenoxy) is 1. The maximum Gasteiger partial charge on any atom is 0.309 e. The summed E-state index contributed by atoms with van der Waals surface area (Å²) in [4.78, 5) is 52.1. The van der Waals surface area contributed by atoms with E-state index in [9.17, 15) is 19.2 Å². The van der Waals surface area contributed by atoms with Gasteiger partial charge < -0.3 is 10.1 Å². The minimum Gasteiger partial charge on any atom is -0.469 e. The van der Waals surface area contributed by atoms with Crippen LogP contribution in [0.3, 0.4) is 0 Å². The topological polar surface area (TPSA) is 92.8 Å². The van der Waals surface area contributed by atoms with Crippen molar-refractivity contribution >= 4 is 23.7 Å². The number of hydrogen-bond acceptors (Lipinski definition) is 5. The monoisotopic (exact) mass is 440 g/mol. The van der Waals surface area contributed by atoms with Crippen molar-refractivity contribution in [2.75, 3.05) is 20.2 Å². The minimum absolute atomic E-state index is 0.0273. The van der Waals surface area contributed by atoms with Crippen LogP contribution in [0.2, 0.25) is 0 Å². The second-order valence-corrected chi connectivity index (χ2v) is 9.34. The number of benzene rings is 1. The van der Waals surface area contributed by atoms with Crippen LogP contribution in [0.25, 0.3) is 0 Å². The van der Waals surface area contributed by atoms with Crippen LogP contribution in [0.5, 0.6) is 0 Å². The fourth-order valence-electron chi connectivity index (χ4n) is 5.69. The number of nitrogens with one attached hydrogen (secondary N) is 1. The molecule has 3 amide bonds. The highest BCUT2D eigenvalue weighted by Gasteiger charge is 2.40. The summed E-state index contributed by atoms with van der Waals surface area (Å²) in [6, 6.07) is 6.89. The lowest BCUT2D eigenvalue weighted by atomic mass is 9.77. The summed E-state index contributed by atoms with van der Waals surface area (Å²) in [7, 11) is 1.42. The van der Waals surface area contributed by atoms with Crippen LogP contribution in [0, 0.1) is 23.7 Å². The van der Waals surface area contributed by atoms with Gasteiger partial charge in [0.25, 0.3) is 11.8 Å². The summed E-state index contributed by atoms with van der Waals surface area (Å²) < 4.78 is 4.96. The molecule has 4 rings (SSSR count). The molecule has 3 aliphatic rings. The molecule has 172 valence electrons. The Kier molecular flexibility index (Phi) is 6.92. The Labute approximate surface area is 188 Å². The van der Waals surface area contributed by atoms with E-state index in [0.717, 1.165) is 51.4 Å². The van der Waals surface area contributed by atoms with Gasteiger partial charge in [0, 0.05) is 19.0 Å². The third-order valence-electron chi connectivity index (χ3n) is 7.49. The highest BCUT2D eigenvalue weighted by atomic mass is 16.5. The van der Waals surface area contributed by atoms with Crippen molar-refractivity contribution in [3.8, 4) is 0 Å². The highest BCUT2D eigenvalue weighted by molar-refractivity contribution is 6.21. The minimum atomic E-state index is -0.265. The number of fused-ring (bicyclic) bond motifs is 1. The molecule has 1 aliphatic heterocycles. The van der Waals surface area contributed by atoms with E-state index in [0.29, 0.717) is 17.7 Å². The van der Waals surface area contributed by atoms with E-state index >= 15 is 0 Å². The van der Waals surface area contributed by atoms with Crippen LogP contribution in [0.15, 0.2) is 24.3 Å². The Morgan fingerprint density at radius 3 is 2.09 bits per heavy atom. The summed E-state index contributed by atoms with van der Waals surface area (Å²) in [5.74, 6) is -1.09.